The Morgan fingerprint density at radius 1 is 1.39 bits per heavy atom. The number of unbranched alkanes of at least 4 members (excludes halogenated alkanes) is 2. The zero-order chi connectivity index (χ0) is 13.2. The standard InChI is InChI=1S/C14H23NO3/c1-3-4-5-6-7-12(2)10-13(16)15-11-14-17-8-9-18-14/h6-7,10,14H,3-5,8-9,11H2,1-2H3,(H,15,16). The Balaban J connectivity index is 2.21. The van der Waals surface area contributed by atoms with Crippen molar-refractivity contribution in [2.45, 2.75) is 39.4 Å². The zero-order valence-corrected chi connectivity index (χ0v) is 11.3. The number of hydrogen-bond donors (Lipinski definition) is 1. The van der Waals surface area contributed by atoms with E-state index in [1.807, 2.05) is 13.0 Å². The van der Waals surface area contributed by atoms with Gasteiger partial charge in [0.25, 0.3) is 0 Å². The maximum absolute atomic E-state index is 11.6. The van der Waals surface area contributed by atoms with Gasteiger partial charge in [0.05, 0.1) is 19.8 Å². The maximum Gasteiger partial charge on any atom is 0.244 e. The van der Waals surface area contributed by atoms with E-state index in [1.165, 1.54) is 12.8 Å². The third-order valence-corrected chi connectivity index (χ3v) is 2.60. The Morgan fingerprint density at radius 2 is 2.11 bits per heavy atom. The van der Waals surface area contributed by atoms with Crippen molar-refractivity contribution in [2.75, 3.05) is 19.8 Å². The van der Waals surface area contributed by atoms with Crippen LogP contribution in [0.1, 0.15) is 33.1 Å². The number of carbonyl (C=O) groups excluding carboxylic acids is 1. The highest BCUT2D eigenvalue weighted by atomic mass is 16.7. The molecule has 0 bridgehead atoms. The lowest BCUT2D eigenvalue weighted by molar-refractivity contribution is -0.118. The predicted octanol–water partition coefficient (Wildman–Crippen LogP) is 2.17. The van der Waals surface area contributed by atoms with E-state index in [9.17, 15) is 4.79 Å². The average molecular weight is 253 g/mol. The lowest BCUT2D eigenvalue weighted by Gasteiger charge is -2.08. The van der Waals surface area contributed by atoms with Crippen LogP contribution in [-0.4, -0.2) is 32.0 Å². The number of hydrogen-bond acceptors (Lipinski definition) is 3. The molecule has 0 spiro atoms. The van der Waals surface area contributed by atoms with E-state index in [0.717, 1.165) is 12.0 Å². The summed E-state index contributed by atoms with van der Waals surface area (Å²) in [6, 6.07) is 0. The fraction of sp³-hybridized carbons (Fsp3) is 0.643. The molecular formula is C14H23NO3. The van der Waals surface area contributed by atoms with E-state index >= 15 is 0 Å². The van der Waals surface area contributed by atoms with Gasteiger partial charge in [-0.2, -0.15) is 0 Å². The molecule has 18 heavy (non-hydrogen) atoms. The summed E-state index contributed by atoms with van der Waals surface area (Å²) in [4.78, 5) is 11.6. The molecule has 1 aliphatic rings. The van der Waals surface area contributed by atoms with Crippen molar-refractivity contribution < 1.29 is 14.3 Å². The van der Waals surface area contributed by atoms with Gasteiger partial charge < -0.3 is 14.8 Å². The van der Waals surface area contributed by atoms with Crippen molar-refractivity contribution in [2.24, 2.45) is 0 Å². The second-order valence-corrected chi connectivity index (χ2v) is 4.35. The van der Waals surface area contributed by atoms with Crippen LogP contribution in [0.4, 0.5) is 0 Å². The summed E-state index contributed by atoms with van der Waals surface area (Å²) in [5.74, 6) is -0.105. The first kappa shape index (κ1) is 14.9. The normalized spacial score (nSPS) is 17.6. The molecule has 1 saturated heterocycles. The van der Waals surface area contributed by atoms with Gasteiger partial charge in [-0.3, -0.25) is 4.79 Å². The second kappa shape index (κ2) is 8.89. The first-order chi connectivity index (χ1) is 8.72. The summed E-state index contributed by atoms with van der Waals surface area (Å²) in [6.45, 7) is 5.70. The van der Waals surface area contributed by atoms with Gasteiger partial charge in [0.15, 0.2) is 6.29 Å². The van der Waals surface area contributed by atoms with Crippen molar-refractivity contribution in [3.05, 3.63) is 23.8 Å². The maximum atomic E-state index is 11.6. The van der Waals surface area contributed by atoms with Gasteiger partial charge in [0.1, 0.15) is 0 Å². The predicted molar refractivity (Wildman–Crippen MR) is 71.1 cm³/mol. The van der Waals surface area contributed by atoms with Gasteiger partial charge in [0.2, 0.25) is 5.91 Å². The minimum absolute atomic E-state index is 0.105. The third kappa shape index (κ3) is 6.57. The lowest BCUT2D eigenvalue weighted by Crippen LogP contribution is -2.31. The smallest absolute Gasteiger partial charge is 0.244 e. The van der Waals surface area contributed by atoms with E-state index in [1.54, 1.807) is 6.08 Å². The molecule has 4 nitrogen and oxygen atoms in total. The van der Waals surface area contributed by atoms with Crippen LogP contribution >= 0.6 is 0 Å². The Kier molecular flexibility index (Phi) is 7.37. The number of allylic oxidation sites excluding steroid dienone is 3. The van der Waals surface area contributed by atoms with E-state index in [-0.39, 0.29) is 12.2 Å². The largest absolute Gasteiger partial charge is 0.348 e. The van der Waals surface area contributed by atoms with E-state index in [4.69, 9.17) is 9.47 Å². The van der Waals surface area contributed by atoms with Crippen LogP contribution < -0.4 is 5.32 Å². The Morgan fingerprint density at radius 3 is 2.78 bits per heavy atom. The lowest BCUT2D eigenvalue weighted by atomic mass is 10.2. The zero-order valence-electron chi connectivity index (χ0n) is 11.3. The summed E-state index contributed by atoms with van der Waals surface area (Å²) in [7, 11) is 0. The van der Waals surface area contributed by atoms with Crippen molar-refractivity contribution >= 4 is 5.91 Å². The number of rotatable bonds is 7. The van der Waals surface area contributed by atoms with Gasteiger partial charge >= 0.3 is 0 Å². The highest BCUT2D eigenvalue weighted by Gasteiger charge is 2.15. The minimum atomic E-state index is -0.289. The number of ether oxygens (including phenoxy) is 2. The molecule has 1 rings (SSSR count). The summed E-state index contributed by atoms with van der Waals surface area (Å²) < 4.78 is 10.5. The van der Waals surface area contributed by atoms with Gasteiger partial charge in [-0.1, -0.05) is 31.9 Å². The molecule has 0 saturated carbocycles. The molecule has 4 heteroatoms. The molecule has 0 aromatic heterocycles. The van der Waals surface area contributed by atoms with Crippen molar-refractivity contribution in [3.63, 3.8) is 0 Å². The van der Waals surface area contributed by atoms with Gasteiger partial charge in [-0.15, -0.1) is 0 Å². The summed E-state index contributed by atoms with van der Waals surface area (Å²) >= 11 is 0. The molecule has 0 radical (unpaired) electrons. The fourth-order valence-corrected chi connectivity index (χ4v) is 1.61. The fourth-order valence-electron chi connectivity index (χ4n) is 1.61. The van der Waals surface area contributed by atoms with Crippen LogP contribution in [0.25, 0.3) is 0 Å². The van der Waals surface area contributed by atoms with Gasteiger partial charge in [-0.25, -0.2) is 0 Å². The molecule has 102 valence electrons. The second-order valence-electron chi connectivity index (χ2n) is 4.35. The molecule has 1 heterocycles. The Hall–Kier alpha value is -1.13. The SMILES string of the molecule is CCCCC=CC(C)=CC(=O)NCC1OCCO1. The average Bonchev–Trinajstić information content (AvgIpc) is 2.85. The first-order valence-electron chi connectivity index (χ1n) is 6.58. The van der Waals surface area contributed by atoms with E-state index in [2.05, 4.69) is 18.3 Å². The quantitative estimate of drug-likeness (QED) is 0.430. The molecule has 0 aromatic rings. The molecule has 1 N–H and O–H groups in total. The van der Waals surface area contributed by atoms with Crippen molar-refractivity contribution in [1.82, 2.24) is 5.32 Å². The molecule has 0 unspecified atom stereocenters. The Labute approximate surface area is 109 Å². The number of nitrogens with one attached hydrogen (secondary N) is 1. The Bertz CT molecular complexity index is 304. The van der Waals surface area contributed by atoms with Crippen LogP contribution in [0.3, 0.4) is 0 Å². The van der Waals surface area contributed by atoms with Crippen LogP contribution in [0.5, 0.6) is 0 Å². The molecule has 1 amide bonds. The van der Waals surface area contributed by atoms with Crippen molar-refractivity contribution in [1.29, 1.82) is 0 Å². The van der Waals surface area contributed by atoms with E-state index in [0.29, 0.717) is 19.8 Å². The van der Waals surface area contributed by atoms with Gasteiger partial charge in [-0.05, 0) is 18.9 Å². The summed E-state index contributed by atoms with van der Waals surface area (Å²) in [5.41, 5.74) is 0.955. The topological polar surface area (TPSA) is 47.6 Å². The van der Waals surface area contributed by atoms with Crippen LogP contribution in [0.2, 0.25) is 0 Å². The molecule has 1 aliphatic heterocycles. The minimum Gasteiger partial charge on any atom is -0.348 e. The highest BCUT2D eigenvalue weighted by Crippen LogP contribution is 2.02. The highest BCUT2D eigenvalue weighted by molar-refractivity contribution is 5.88. The monoisotopic (exact) mass is 253 g/mol. The first-order valence-corrected chi connectivity index (χ1v) is 6.58. The molecule has 0 atom stereocenters. The summed E-state index contributed by atoms with van der Waals surface area (Å²) in [6.07, 6.45) is 8.83. The van der Waals surface area contributed by atoms with Crippen LogP contribution in [-0.2, 0) is 14.3 Å². The van der Waals surface area contributed by atoms with E-state index < -0.39 is 0 Å². The molecule has 1 fully saturated rings. The molecule has 0 aliphatic carbocycles. The van der Waals surface area contributed by atoms with Crippen LogP contribution in [0, 0.1) is 0 Å². The number of carbonyl (C=O) groups is 1. The van der Waals surface area contributed by atoms with Gasteiger partial charge in [0, 0.05) is 6.08 Å². The van der Waals surface area contributed by atoms with Crippen molar-refractivity contribution in [3.8, 4) is 0 Å². The molecule has 0 aromatic carbocycles. The number of amides is 1. The van der Waals surface area contributed by atoms with Crippen LogP contribution in [0.15, 0.2) is 23.8 Å². The summed E-state index contributed by atoms with van der Waals surface area (Å²) in [5, 5.41) is 2.76. The third-order valence-electron chi connectivity index (χ3n) is 2.60. The molecular weight excluding hydrogens is 230 g/mol.